The summed E-state index contributed by atoms with van der Waals surface area (Å²) in [6, 6.07) is 7.18. The largest absolute Gasteiger partial charge is 0.480 e. The minimum absolute atomic E-state index is 0.0893. The van der Waals surface area contributed by atoms with Crippen molar-refractivity contribution in [2.75, 3.05) is 11.4 Å². The van der Waals surface area contributed by atoms with Crippen molar-refractivity contribution >= 4 is 27.6 Å². The summed E-state index contributed by atoms with van der Waals surface area (Å²) in [7, 11) is 0. The molecule has 0 aromatic heterocycles. The number of hydrogen-bond acceptors (Lipinski definition) is 3. The second kappa shape index (κ2) is 5.40. The molecule has 0 amide bonds. The molecule has 0 fully saturated rings. The van der Waals surface area contributed by atoms with Crippen molar-refractivity contribution < 1.29 is 9.90 Å². The van der Waals surface area contributed by atoms with E-state index < -0.39 is 5.97 Å². The number of nitriles is 1. The molecule has 0 unspecified atom stereocenters. The quantitative estimate of drug-likeness (QED) is 0.932. The van der Waals surface area contributed by atoms with Crippen LogP contribution in [-0.2, 0) is 4.79 Å². The van der Waals surface area contributed by atoms with Crippen LogP contribution in [0.1, 0.15) is 26.3 Å². The molecule has 1 aromatic carbocycles. The van der Waals surface area contributed by atoms with E-state index in [9.17, 15) is 4.79 Å². The zero-order valence-electron chi connectivity index (χ0n) is 10.6. The molecule has 0 radical (unpaired) electrons. The van der Waals surface area contributed by atoms with Gasteiger partial charge in [-0.25, -0.2) is 0 Å². The fraction of sp³-hybridized carbons (Fsp3) is 0.385. The van der Waals surface area contributed by atoms with E-state index in [1.807, 2.05) is 26.8 Å². The van der Waals surface area contributed by atoms with Gasteiger partial charge in [0.1, 0.15) is 6.54 Å². The van der Waals surface area contributed by atoms with Gasteiger partial charge in [-0.15, -0.1) is 0 Å². The van der Waals surface area contributed by atoms with Crippen molar-refractivity contribution in [3.05, 3.63) is 28.2 Å². The average molecular weight is 311 g/mol. The second-order valence-electron chi connectivity index (χ2n) is 4.93. The Balaban J connectivity index is 3.22. The smallest absolute Gasteiger partial charge is 0.323 e. The van der Waals surface area contributed by atoms with E-state index in [0.29, 0.717) is 5.56 Å². The number of aliphatic carboxylic acids is 1. The van der Waals surface area contributed by atoms with Crippen LogP contribution in [0.4, 0.5) is 5.69 Å². The van der Waals surface area contributed by atoms with E-state index in [-0.39, 0.29) is 12.1 Å². The first-order valence-electron chi connectivity index (χ1n) is 5.45. The second-order valence-corrected chi connectivity index (χ2v) is 5.78. The molecular weight excluding hydrogens is 296 g/mol. The van der Waals surface area contributed by atoms with Gasteiger partial charge in [-0.2, -0.15) is 5.26 Å². The Labute approximate surface area is 115 Å². The Morgan fingerprint density at radius 2 is 2.11 bits per heavy atom. The molecule has 0 saturated heterocycles. The molecule has 0 saturated carbocycles. The van der Waals surface area contributed by atoms with Crippen molar-refractivity contribution in [2.45, 2.75) is 26.3 Å². The molecule has 4 nitrogen and oxygen atoms in total. The van der Waals surface area contributed by atoms with Gasteiger partial charge in [0.25, 0.3) is 0 Å². The maximum absolute atomic E-state index is 11.0. The first kappa shape index (κ1) is 14.5. The molecule has 0 bridgehead atoms. The number of carbonyl (C=O) groups is 1. The zero-order valence-corrected chi connectivity index (χ0v) is 12.2. The fourth-order valence-electron chi connectivity index (χ4n) is 1.61. The van der Waals surface area contributed by atoms with Crippen LogP contribution in [0.3, 0.4) is 0 Å². The first-order valence-corrected chi connectivity index (χ1v) is 6.24. The van der Waals surface area contributed by atoms with Gasteiger partial charge in [-0.05, 0) is 54.9 Å². The molecule has 0 aliphatic heterocycles. The normalized spacial score (nSPS) is 10.8. The molecule has 1 aromatic rings. The maximum Gasteiger partial charge on any atom is 0.323 e. The van der Waals surface area contributed by atoms with Crippen LogP contribution in [0.5, 0.6) is 0 Å². The van der Waals surface area contributed by atoms with Gasteiger partial charge in [-0.3, -0.25) is 4.79 Å². The highest BCUT2D eigenvalue weighted by molar-refractivity contribution is 9.10. The molecule has 0 atom stereocenters. The maximum atomic E-state index is 11.0. The van der Waals surface area contributed by atoms with Gasteiger partial charge in [0.15, 0.2) is 0 Å². The van der Waals surface area contributed by atoms with Crippen molar-refractivity contribution in [2.24, 2.45) is 0 Å². The minimum Gasteiger partial charge on any atom is -0.480 e. The van der Waals surface area contributed by atoms with E-state index in [4.69, 9.17) is 10.4 Å². The third-order valence-corrected chi connectivity index (χ3v) is 3.11. The van der Waals surface area contributed by atoms with Crippen LogP contribution in [0, 0.1) is 11.3 Å². The molecule has 0 spiro atoms. The number of nitrogens with zero attached hydrogens (tertiary/aromatic N) is 2. The van der Waals surface area contributed by atoms with Crippen molar-refractivity contribution in [1.82, 2.24) is 0 Å². The van der Waals surface area contributed by atoms with E-state index in [1.54, 1.807) is 23.1 Å². The summed E-state index contributed by atoms with van der Waals surface area (Å²) < 4.78 is 0.720. The third-order valence-electron chi connectivity index (χ3n) is 2.47. The van der Waals surface area contributed by atoms with Gasteiger partial charge >= 0.3 is 5.97 Å². The lowest BCUT2D eigenvalue weighted by Crippen LogP contribution is -2.44. The zero-order chi connectivity index (χ0) is 13.9. The number of rotatable bonds is 3. The average Bonchev–Trinajstić information content (AvgIpc) is 2.24. The summed E-state index contributed by atoms with van der Waals surface area (Å²) in [4.78, 5) is 12.7. The Hall–Kier alpha value is -1.54. The fourth-order valence-corrected chi connectivity index (χ4v) is 2.21. The lowest BCUT2D eigenvalue weighted by Gasteiger charge is -2.37. The van der Waals surface area contributed by atoms with Crippen LogP contribution >= 0.6 is 15.9 Å². The summed E-state index contributed by atoms with van der Waals surface area (Å²) in [6.07, 6.45) is 0. The Morgan fingerprint density at radius 1 is 1.50 bits per heavy atom. The summed E-state index contributed by atoms with van der Waals surface area (Å²) in [5.74, 6) is -0.888. The van der Waals surface area contributed by atoms with Crippen LogP contribution in [0.15, 0.2) is 22.7 Å². The summed E-state index contributed by atoms with van der Waals surface area (Å²) in [5, 5.41) is 17.8. The summed E-state index contributed by atoms with van der Waals surface area (Å²) >= 11 is 3.39. The molecule has 0 aliphatic rings. The molecule has 18 heavy (non-hydrogen) atoms. The van der Waals surface area contributed by atoms with Gasteiger partial charge in [0, 0.05) is 10.0 Å². The van der Waals surface area contributed by atoms with Gasteiger partial charge < -0.3 is 10.0 Å². The number of benzene rings is 1. The van der Waals surface area contributed by atoms with Crippen LogP contribution in [0.25, 0.3) is 0 Å². The standard InChI is InChI=1S/C13H15BrN2O2/c1-13(2,3)16(8-12(17)18)11-5-4-9(7-15)6-10(11)14/h4-6H,8H2,1-3H3,(H,17,18). The predicted molar refractivity (Wildman–Crippen MR) is 73.6 cm³/mol. The molecule has 0 aliphatic carbocycles. The molecule has 1 rings (SSSR count). The van der Waals surface area contributed by atoms with E-state index in [1.165, 1.54) is 0 Å². The van der Waals surface area contributed by atoms with E-state index in [2.05, 4.69) is 15.9 Å². The molecule has 0 heterocycles. The van der Waals surface area contributed by atoms with Crippen molar-refractivity contribution in [3.8, 4) is 6.07 Å². The van der Waals surface area contributed by atoms with Crippen molar-refractivity contribution in [1.29, 1.82) is 5.26 Å². The third kappa shape index (κ3) is 3.47. The lowest BCUT2D eigenvalue weighted by atomic mass is 10.0. The minimum atomic E-state index is -0.888. The highest BCUT2D eigenvalue weighted by Crippen LogP contribution is 2.31. The number of anilines is 1. The monoisotopic (exact) mass is 310 g/mol. The van der Waals surface area contributed by atoms with Gasteiger partial charge in [0.05, 0.1) is 17.3 Å². The number of halogens is 1. The van der Waals surface area contributed by atoms with E-state index >= 15 is 0 Å². The SMILES string of the molecule is CC(C)(C)N(CC(=O)O)c1ccc(C#N)cc1Br. The van der Waals surface area contributed by atoms with Crippen molar-refractivity contribution in [3.63, 3.8) is 0 Å². The van der Waals surface area contributed by atoms with Gasteiger partial charge in [0.2, 0.25) is 0 Å². The molecule has 5 heteroatoms. The van der Waals surface area contributed by atoms with Crippen LogP contribution in [0.2, 0.25) is 0 Å². The number of carboxylic acids is 1. The highest BCUT2D eigenvalue weighted by Gasteiger charge is 2.25. The molecule has 96 valence electrons. The lowest BCUT2D eigenvalue weighted by molar-refractivity contribution is -0.135. The first-order chi connectivity index (χ1) is 8.25. The highest BCUT2D eigenvalue weighted by atomic mass is 79.9. The Bertz CT molecular complexity index is 501. The predicted octanol–water partition coefficient (Wildman–Crippen LogP) is 3.01. The Kier molecular flexibility index (Phi) is 4.36. The number of hydrogen-bond donors (Lipinski definition) is 1. The van der Waals surface area contributed by atoms with Crippen LogP contribution < -0.4 is 4.90 Å². The molecular formula is C13H15BrN2O2. The summed E-state index contributed by atoms with van der Waals surface area (Å²) in [6.45, 7) is 5.75. The molecule has 1 N–H and O–H groups in total. The number of carboxylic acid groups (broad SMARTS) is 1. The van der Waals surface area contributed by atoms with Gasteiger partial charge in [-0.1, -0.05) is 0 Å². The van der Waals surface area contributed by atoms with Crippen LogP contribution in [-0.4, -0.2) is 23.2 Å². The Morgan fingerprint density at radius 3 is 2.50 bits per heavy atom. The topological polar surface area (TPSA) is 64.3 Å². The van der Waals surface area contributed by atoms with E-state index in [0.717, 1.165) is 10.2 Å². The summed E-state index contributed by atoms with van der Waals surface area (Å²) in [5.41, 5.74) is 0.980.